The van der Waals surface area contributed by atoms with Crippen LogP contribution in [0.4, 0.5) is 0 Å². The highest BCUT2D eigenvalue weighted by atomic mass is 16.7. The zero-order valence-corrected chi connectivity index (χ0v) is 22.5. The summed E-state index contributed by atoms with van der Waals surface area (Å²) in [5.74, 6) is -0.877. The summed E-state index contributed by atoms with van der Waals surface area (Å²) in [4.78, 5) is 0. The zero-order valence-electron chi connectivity index (χ0n) is 22.5. The molecule has 0 amide bonds. The normalized spacial score (nSPS) is 13.7. The fourth-order valence-electron chi connectivity index (χ4n) is 5.82. The largest absolute Gasteiger partial charge is 0.342 e. The first kappa shape index (κ1) is 25.7. The van der Waals surface area contributed by atoms with Crippen molar-refractivity contribution >= 4 is 27.6 Å². The Hall–Kier alpha value is -2.94. The highest BCUT2D eigenvalue weighted by Gasteiger charge is 2.47. The number of ether oxygens (including phenoxy) is 2. The Labute approximate surface area is 222 Å². The van der Waals surface area contributed by atoms with E-state index in [4.69, 9.17) is 9.47 Å². The van der Waals surface area contributed by atoms with Gasteiger partial charge in [0.1, 0.15) is 0 Å². The van der Waals surface area contributed by atoms with E-state index < -0.39 is 5.79 Å². The van der Waals surface area contributed by atoms with E-state index in [1.54, 1.807) is 0 Å². The van der Waals surface area contributed by atoms with Gasteiger partial charge in [-0.3, -0.25) is 0 Å². The summed E-state index contributed by atoms with van der Waals surface area (Å²) in [6.45, 7) is 9.86. The quantitative estimate of drug-likeness (QED) is 0.136. The van der Waals surface area contributed by atoms with Gasteiger partial charge in [0.05, 0.1) is 13.2 Å². The maximum Gasteiger partial charge on any atom is 0.223 e. The van der Waals surface area contributed by atoms with E-state index in [1.807, 2.05) is 6.08 Å². The van der Waals surface area contributed by atoms with Crippen molar-refractivity contribution < 1.29 is 9.47 Å². The topological polar surface area (TPSA) is 18.5 Å². The van der Waals surface area contributed by atoms with Gasteiger partial charge in [-0.25, -0.2) is 0 Å². The van der Waals surface area contributed by atoms with Gasteiger partial charge in [-0.2, -0.15) is 0 Å². The number of rotatable bonds is 13. The lowest BCUT2D eigenvalue weighted by molar-refractivity contribution is -0.216. The second kappa shape index (κ2) is 11.6. The van der Waals surface area contributed by atoms with Crippen molar-refractivity contribution in [2.75, 3.05) is 13.2 Å². The molecule has 4 aromatic carbocycles. The Kier molecular flexibility index (Phi) is 8.08. The van der Waals surface area contributed by atoms with Crippen LogP contribution in [0.25, 0.3) is 38.7 Å². The van der Waals surface area contributed by atoms with Crippen LogP contribution >= 0.6 is 0 Å². The third-order valence-corrected chi connectivity index (χ3v) is 7.77. The molecule has 0 saturated carbocycles. The number of benzene rings is 4. The molecule has 0 aliphatic heterocycles. The van der Waals surface area contributed by atoms with Crippen LogP contribution in [0.5, 0.6) is 0 Å². The zero-order chi connectivity index (χ0) is 25.7. The smallest absolute Gasteiger partial charge is 0.223 e. The molecular weight excluding hydrogens is 452 g/mol. The molecule has 0 fully saturated rings. The van der Waals surface area contributed by atoms with Gasteiger partial charge >= 0.3 is 0 Å². The highest BCUT2D eigenvalue weighted by molar-refractivity contribution is 6.10. The van der Waals surface area contributed by atoms with Gasteiger partial charge in [0.15, 0.2) is 0 Å². The summed E-state index contributed by atoms with van der Waals surface area (Å²) in [5, 5.41) is 4.96. The Balaban J connectivity index is 1.69. The van der Waals surface area contributed by atoms with Gasteiger partial charge in [0.2, 0.25) is 5.79 Å². The Bertz CT molecular complexity index is 1370. The van der Waals surface area contributed by atoms with Crippen molar-refractivity contribution in [3.63, 3.8) is 0 Å². The lowest BCUT2D eigenvalue weighted by atomic mass is 9.93. The molecule has 1 aliphatic rings. The number of unbranched alkanes of at least 4 members (excludes halogenated alkanes) is 6. The molecule has 192 valence electrons. The van der Waals surface area contributed by atoms with Crippen LogP contribution in [0.3, 0.4) is 0 Å². The predicted molar refractivity (Wildman–Crippen MR) is 158 cm³/mol. The molecule has 0 unspecified atom stereocenters. The molecule has 4 aromatic rings. The van der Waals surface area contributed by atoms with Crippen LogP contribution in [0.15, 0.2) is 73.3 Å². The van der Waals surface area contributed by atoms with Crippen LogP contribution in [-0.2, 0) is 15.3 Å². The summed E-state index contributed by atoms with van der Waals surface area (Å²) in [7, 11) is 0. The second-order valence-corrected chi connectivity index (χ2v) is 10.3. The molecular formula is C35H40O2. The van der Waals surface area contributed by atoms with E-state index in [2.05, 4.69) is 87.2 Å². The highest BCUT2D eigenvalue weighted by Crippen LogP contribution is 2.55. The lowest BCUT2D eigenvalue weighted by Crippen LogP contribution is -2.33. The molecule has 5 rings (SSSR count). The van der Waals surface area contributed by atoms with Crippen molar-refractivity contribution in [3.8, 4) is 11.1 Å². The second-order valence-electron chi connectivity index (χ2n) is 10.3. The molecule has 0 saturated heterocycles. The SMILES string of the molecule is C=Cc1ccc2c3c(ccc2c1)C(OCCCCCC)(OCCCCCC)c1ccc2ccccc2c1-3. The monoisotopic (exact) mass is 492 g/mol. The van der Waals surface area contributed by atoms with Crippen molar-refractivity contribution in [1.29, 1.82) is 0 Å². The van der Waals surface area contributed by atoms with E-state index in [0.29, 0.717) is 13.2 Å². The van der Waals surface area contributed by atoms with Gasteiger partial charge in [0.25, 0.3) is 0 Å². The molecule has 0 heterocycles. The minimum Gasteiger partial charge on any atom is -0.342 e. The van der Waals surface area contributed by atoms with Crippen LogP contribution in [0.2, 0.25) is 0 Å². The third kappa shape index (κ3) is 4.85. The fourth-order valence-corrected chi connectivity index (χ4v) is 5.82. The van der Waals surface area contributed by atoms with E-state index >= 15 is 0 Å². The summed E-state index contributed by atoms with van der Waals surface area (Å²) in [5.41, 5.74) is 5.93. The van der Waals surface area contributed by atoms with Crippen molar-refractivity contribution in [3.05, 3.63) is 90.0 Å². The molecule has 0 N–H and O–H groups in total. The minimum atomic E-state index is -0.877. The van der Waals surface area contributed by atoms with E-state index in [0.717, 1.165) is 29.5 Å². The summed E-state index contributed by atoms with van der Waals surface area (Å²) in [6.07, 6.45) is 11.3. The van der Waals surface area contributed by atoms with Crippen LogP contribution < -0.4 is 0 Å². The molecule has 0 spiro atoms. The van der Waals surface area contributed by atoms with E-state index in [1.165, 1.54) is 71.2 Å². The number of fused-ring (bicyclic) bond motifs is 7. The van der Waals surface area contributed by atoms with Crippen molar-refractivity contribution in [1.82, 2.24) is 0 Å². The lowest BCUT2D eigenvalue weighted by Gasteiger charge is -2.32. The number of hydrogen-bond donors (Lipinski definition) is 0. The van der Waals surface area contributed by atoms with Gasteiger partial charge < -0.3 is 9.47 Å². The average molecular weight is 493 g/mol. The van der Waals surface area contributed by atoms with Gasteiger partial charge in [-0.05, 0) is 57.1 Å². The molecule has 1 aliphatic carbocycles. The average Bonchev–Trinajstić information content (AvgIpc) is 3.22. The fraction of sp³-hybridized carbons (Fsp3) is 0.371. The summed E-state index contributed by atoms with van der Waals surface area (Å²) >= 11 is 0. The number of hydrogen-bond acceptors (Lipinski definition) is 2. The predicted octanol–water partition coefficient (Wildman–Crippen LogP) is 10.0. The summed E-state index contributed by atoms with van der Waals surface area (Å²) in [6, 6.07) is 24.3. The minimum absolute atomic E-state index is 0.689. The van der Waals surface area contributed by atoms with E-state index in [-0.39, 0.29) is 0 Å². The Morgan fingerprint density at radius 3 is 1.86 bits per heavy atom. The molecule has 2 nitrogen and oxygen atoms in total. The third-order valence-electron chi connectivity index (χ3n) is 7.77. The standard InChI is InChI=1S/C35H40O2/c1-4-7-9-13-23-36-35(37-24-14-10-8-5-2)31-21-18-27-15-11-12-16-29(27)33(31)34-30-20-17-26(6-3)25-28(30)19-22-32(34)35/h6,11-12,15-22,25H,3-5,7-10,13-14,23-24H2,1-2H3. The maximum atomic E-state index is 6.90. The first-order chi connectivity index (χ1) is 18.2. The molecule has 0 bridgehead atoms. The Morgan fingerprint density at radius 1 is 0.649 bits per heavy atom. The first-order valence-corrected chi connectivity index (χ1v) is 14.2. The van der Waals surface area contributed by atoms with Crippen LogP contribution in [-0.4, -0.2) is 13.2 Å². The molecule has 0 aromatic heterocycles. The van der Waals surface area contributed by atoms with Gasteiger partial charge in [-0.1, -0.05) is 126 Å². The molecule has 2 heteroatoms. The first-order valence-electron chi connectivity index (χ1n) is 14.2. The van der Waals surface area contributed by atoms with Gasteiger partial charge in [0, 0.05) is 11.1 Å². The van der Waals surface area contributed by atoms with Crippen LogP contribution in [0, 0.1) is 0 Å². The summed E-state index contributed by atoms with van der Waals surface area (Å²) < 4.78 is 13.8. The maximum absolute atomic E-state index is 6.90. The van der Waals surface area contributed by atoms with E-state index in [9.17, 15) is 0 Å². The Morgan fingerprint density at radius 2 is 1.24 bits per heavy atom. The molecule has 0 atom stereocenters. The van der Waals surface area contributed by atoms with Crippen molar-refractivity contribution in [2.45, 2.75) is 71.0 Å². The molecule has 0 radical (unpaired) electrons. The molecule has 37 heavy (non-hydrogen) atoms. The van der Waals surface area contributed by atoms with Gasteiger partial charge in [-0.15, -0.1) is 0 Å². The van der Waals surface area contributed by atoms with Crippen LogP contribution in [0.1, 0.15) is 81.9 Å². The van der Waals surface area contributed by atoms with Crippen molar-refractivity contribution in [2.24, 2.45) is 0 Å².